The van der Waals surface area contributed by atoms with Crippen LogP contribution >= 0.6 is 0 Å². The molecule has 2 aromatic rings. The van der Waals surface area contributed by atoms with Gasteiger partial charge in [-0.3, -0.25) is 0 Å². The Bertz CT molecular complexity index is 776. The average molecular weight is 423 g/mol. The minimum Gasteiger partial charge on any atom is -0.450 e. The lowest BCUT2D eigenvalue weighted by Crippen LogP contribution is -2.36. The molecular formula is C27H38N2O2. The largest absolute Gasteiger partial charge is 0.450 e. The molecule has 1 amide bonds. The molecule has 2 N–H and O–H groups in total. The number of amides is 1. The van der Waals surface area contributed by atoms with E-state index in [1.807, 2.05) is 6.92 Å². The number of carbonyl (C=O) groups is 1. The van der Waals surface area contributed by atoms with Crippen molar-refractivity contribution in [3.63, 3.8) is 0 Å². The molecule has 4 nitrogen and oxygen atoms in total. The van der Waals surface area contributed by atoms with Crippen molar-refractivity contribution in [2.75, 3.05) is 13.2 Å². The summed E-state index contributed by atoms with van der Waals surface area (Å²) in [5, 5.41) is 6.70. The van der Waals surface area contributed by atoms with Gasteiger partial charge in [-0.05, 0) is 46.9 Å². The van der Waals surface area contributed by atoms with E-state index < -0.39 is 0 Å². The minimum absolute atomic E-state index is 0.0849. The summed E-state index contributed by atoms with van der Waals surface area (Å²) in [6.45, 7) is 12.1. The predicted molar refractivity (Wildman–Crippen MR) is 128 cm³/mol. The topological polar surface area (TPSA) is 50.4 Å². The summed E-state index contributed by atoms with van der Waals surface area (Å²) in [4.78, 5) is 12.0. The van der Waals surface area contributed by atoms with Crippen LogP contribution in [0.25, 0.3) is 0 Å². The minimum atomic E-state index is -0.312. The molecule has 31 heavy (non-hydrogen) atoms. The van der Waals surface area contributed by atoms with Gasteiger partial charge in [-0.15, -0.1) is 0 Å². The molecule has 0 unspecified atom stereocenters. The van der Waals surface area contributed by atoms with Gasteiger partial charge in [0.15, 0.2) is 0 Å². The molecule has 0 saturated carbocycles. The van der Waals surface area contributed by atoms with Gasteiger partial charge in [-0.1, -0.05) is 83.1 Å². The molecule has 168 valence electrons. The Morgan fingerprint density at radius 2 is 1.42 bits per heavy atom. The molecule has 1 heterocycles. The second kappa shape index (κ2) is 10.8. The normalized spacial score (nSPS) is 18.7. The Balaban J connectivity index is 1.81. The zero-order valence-corrected chi connectivity index (χ0v) is 19.7. The highest BCUT2D eigenvalue weighted by molar-refractivity contribution is 5.67. The maximum absolute atomic E-state index is 12.0. The van der Waals surface area contributed by atoms with Crippen LogP contribution in [0.3, 0.4) is 0 Å². The van der Waals surface area contributed by atoms with Gasteiger partial charge in [-0.2, -0.15) is 0 Å². The highest BCUT2D eigenvalue weighted by atomic mass is 16.5. The van der Waals surface area contributed by atoms with Crippen LogP contribution in [-0.2, 0) is 4.74 Å². The number of hydrogen-bond donors (Lipinski definition) is 2. The van der Waals surface area contributed by atoms with Crippen LogP contribution < -0.4 is 10.6 Å². The van der Waals surface area contributed by atoms with Gasteiger partial charge in [0.05, 0.1) is 6.61 Å². The van der Waals surface area contributed by atoms with E-state index in [-0.39, 0.29) is 24.1 Å². The molecule has 4 heteroatoms. The Labute approximate surface area is 187 Å². The lowest BCUT2D eigenvalue weighted by atomic mass is 9.82. The molecule has 2 aromatic carbocycles. The van der Waals surface area contributed by atoms with E-state index in [1.165, 1.54) is 22.3 Å². The van der Waals surface area contributed by atoms with Crippen molar-refractivity contribution in [3.8, 4) is 0 Å². The fraction of sp³-hybridized carbons (Fsp3) is 0.519. The average Bonchev–Trinajstić information content (AvgIpc) is 3.21. The number of rotatable bonds is 8. The van der Waals surface area contributed by atoms with Gasteiger partial charge >= 0.3 is 6.09 Å². The van der Waals surface area contributed by atoms with Gasteiger partial charge in [0.2, 0.25) is 0 Å². The first-order chi connectivity index (χ1) is 14.9. The zero-order valence-electron chi connectivity index (χ0n) is 19.7. The molecule has 0 spiro atoms. The fourth-order valence-corrected chi connectivity index (χ4v) is 4.37. The first kappa shape index (κ1) is 23.3. The SMILES string of the molecule is CCCOC(=O)N[C@H]1CN[C@@H](C(c2ccc(C(C)C)cc2)c2ccc(C(C)C)cc2)C1. The van der Waals surface area contributed by atoms with E-state index >= 15 is 0 Å². The monoisotopic (exact) mass is 422 g/mol. The van der Waals surface area contributed by atoms with Crippen LogP contribution in [0.15, 0.2) is 48.5 Å². The lowest BCUT2D eigenvalue weighted by molar-refractivity contribution is 0.143. The summed E-state index contributed by atoms with van der Waals surface area (Å²) >= 11 is 0. The second-order valence-corrected chi connectivity index (χ2v) is 9.35. The Hall–Kier alpha value is -2.33. The summed E-state index contributed by atoms with van der Waals surface area (Å²) in [6, 6.07) is 18.4. The van der Waals surface area contributed by atoms with Crippen LogP contribution in [0.2, 0.25) is 0 Å². The molecule has 1 aliphatic heterocycles. The molecule has 1 aliphatic rings. The highest BCUT2D eigenvalue weighted by Gasteiger charge is 2.33. The summed E-state index contributed by atoms with van der Waals surface area (Å²) in [5.74, 6) is 1.27. The van der Waals surface area contributed by atoms with E-state index in [9.17, 15) is 4.79 Å². The van der Waals surface area contributed by atoms with Gasteiger partial charge in [0.1, 0.15) is 0 Å². The Morgan fingerprint density at radius 1 is 0.935 bits per heavy atom. The van der Waals surface area contributed by atoms with Crippen molar-refractivity contribution < 1.29 is 9.53 Å². The third-order valence-corrected chi connectivity index (χ3v) is 6.25. The Kier molecular flexibility index (Phi) is 8.14. The molecule has 1 fully saturated rings. The van der Waals surface area contributed by atoms with Crippen molar-refractivity contribution in [2.45, 2.75) is 77.3 Å². The van der Waals surface area contributed by atoms with E-state index in [1.54, 1.807) is 0 Å². The zero-order chi connectivity index (χ0) is 22.4. The molecule has 3 rings (SSSR count). The lowest BCUT2D eigenvalue weighted by Gasteiger charge is -2.26. The third-order valence-electron chi connectivity index (χ3n) is 6.25. The van der Waals surface area contributed by atoms with Crippen molar-refractivity contribution in [3.05, 3.63) is 70.8 Å². The number of nitrogens with one attached hydrogen (secondary N) is 2. The van der Waals surface area contributed by atoms with E-state index in [2.05, 4.69) is 86.9 Å². The second-order valence-electron chi connectivity index (χ2n) is 9.35. The number of ether oxygens (including phenoxy) is 1. The van der Waals surface area contributed by atoms with E-state index in [4.69, 9.17) is 4.74 Å². The quantitative estimate of drug-likeness (QED) is 0.554. The van der Waals surface area contributed by atoms with E-state index in [0.717, 1.165) is 19.4 Å². The maximum atomic E-state index is 12.0. The molecule has 2 atom stereocenters. The number of alkyl carbamates (subject to hydrolysis) is 1. The highest BCUT2D eigenvalue weighted by Crippen LogP contribution is 2.34. The summed E-state index contributed by atoms with van der Waals surface area (Å²) < 4.78 is 5.21. The maximum Gasteiger partial charge on any atom is 0.407 e. The van der Waals surface area contributed by atoms with Crippen LogP contribution in [0, 0.1) is 0 Å². The Morgan fingerprint density at radius 3 is 1.87 bits per heavy atom. The third kappa shape index (κ3) is 6.10. The standard InChI is InChI=1S/C27H38N2O2/c1-6-15-31-27(30)29-24-16-25(28-17-24)26(22-11-7-20(8-12-22)18(2)3)23-13-9-21(10-14-23)19(4)5/h7-14,18-19,24-26,28H,6,15-17H2,1-5H3,(H,29,30)/t24-,25-/m1/s1. The molecular weight excluding hydrogens is 384 g/mol. The van der Waals surface area contributed by atoms with Crippen LogP contribution in [0.4, 0.5) is 4.79 Å². The molecule has 0 bridgehead atoms. The van der Waals surface area contributed by atoms with Gasteiger partial charge in [0, 0.05) is 24.5 Å². The van der Waals surface area contributed by atoms with E-state index in [0.29, 0.717) is 18.4 Å². The fourth-order valence-electron chi connectivity index (χ4n) is 4.37. The van der Waals surface area contributed by atoms with Crippen molar-refractivity contribution in [2.24, 2.45) is 0 Å². The van der Waals surface area contributed by atoms with Crippen molar-refractivity contribution >= 4 is 6.09 Å². The van der Waals surface area contributed by atoms with Gasteiger partial charge < -0.3 is 15.4 Å². The van der Waals surface area contributed by atoms with Crippen LogP contribution in [-0.4, -0.2) is 31.3 Å². The molecule has 0 aliphatic carbocycles. The first-order valence-electron chi connectivity index (χ1n) is 11.7. The van der Waals surface area contributed by atoms with Crippen molar-refractivity contribution in [1.82, 2.24) is 10.6 Å². The van der Waals surface area contributed by atoms with Gasteiger partial charge in [-0.25, -0.2) is 4.79 Å². The number of benzene rings is 2. The van der Waals surface area contributed by atoms with Gasteiger partial charge in [0.25, 0.3) is 0 Å². The smallest absolute Gasteiger partial charge is 0.407 e. The number of carbonyl (C=O) groups excluding carboxylic acids is 1. The summed E-state index contributed by atoms with van der Waals surface area (Å²) in [5.41, 5.74) is 5.34. The van der Waals surface area contributed by atoms with Crippen molar-refractivity contribution in [1.29, 1.82) is 0 Å². The molecule has 1 saturated heterocycles. The summed E-state index contributed by atoms with van der Waals surface area (Å²) in [6.07, 6.45) is 1.40. The first-order valence-corrected chi connectivity index (χ1v) is 11.7. The molecule has 0 radical (unpaired) electrons. The number of hydrogen-bond acceptors (Lipinski definition) is 3. The van der Waals surface area contributed by atoms with Crippen LogP contribution in [0.1, 0.15) is 87.5 Å². The van der Waals surface area contributed by atoms with Crippen LogP contribution in [0.5, 0.6) is 0 Å². The predicted octanol–water partition coefficient (Wildman–Crippen LogP) is 5.93. The summed E-state index contributed by atoms with van der Waals surface area (Å²) in [7, 11) is 0. The molecule has 0 aromatic heterocycles.